The molecule has 0 radical (unpaired) electrons. The van der Waals surface area contributed by atoms with E-state index in [0.29, 0.717) is 55.6 Å². The average Bonchev–Trinajstić information content (AvgIpc) is 3.32. The number of hydrogen-bond donors (Lipinski definition) is 1. The molecule has 10 heteroatoms. The van der Waals surface area contributed by atoms with Gasteiger partial charge in [-0.15, -0.1) is 0 Å². The van der Waals surface area contributed by atoms with Crippen molar-refractivity contribution in [2.75, 3.05) is 0 Å². The summed E-state index contributed by atoms with van der Waals surface area (Å²) in [5, 5.41) is 4.13. The molecule has 0 saturated heterocycles. The van der Waals surface area contributed by atoms with Gasteiger partial charge in [0.1, 0.15) is 0 Å². The summed E-state index contributed by atoms with van der Waals surface area (Å²) in [6.45, 7) is 0.861. The van der Waals surface area contributed by atoms with Crippen LogP contribution in [0.2, 0.25) is 5.28 Å². The molecule has 1 aliphatic rings. The number of benzene rings is 1. The molecule has 1 aromatic carbocycles. The maximum atomic E-state index is 13.0. The Hall–Kier alpha value is -3.20. The quantitative estimate of drug-likeness (QED) is 0.333. The zero-order valence-electron chi connectivity index (χ0n) is 16.8. The summed E-state index contributed by atoms with van der Waals surface area (Å²) >= 11 is 5.97. The van der Waals surface area contributed by atoms with Crippen LogP contribution in [-0.4, -0.2) is 29.2 Å². The fourth-order valence-electron chi connectivity index (χ4n) is 3.67. The van der Waals surface area contributed by atoms with E-state index in [2.05, 4.69) is 20.1 Å². The molecule has 1 saturated carbocycles. The molecular weight excluding hydrogens is 420 g/mol. The molecule has 1 aliphatic carbocycles. The second kappa shape index (κ2) is 8.14. The van der Waals surface area contributed by atoms with Crippen molar-refractivity contribution in [2.45, 2.75) is 45.2 Å². The Balaban J connectivity index is 1.29. The highest BCUT2D eigenvalue weighted by atomic mass is 35.5. The Kier molecular flexibility index (Phi) is 5.19. The first-order valence-electron chi connectivity index (χ1n) is 10.4. The predicted molar refractivity (Wildman–Crippen MR) is 115 cm³/mol. The second-order valence-corrected chi connectivity index (χ2v) is 8.22. The minimum atomic E-state index is -0.391. The number of aromatic amines is 1. The minimum absolute atomic E-state index is 0.111. The van der Waals surface area contributed by atoms with E-state index in [1.165, 1.54) is 4.57 Å². The summed E-state index contributed by atoms with van der Waals surface area (Å²) in [6, 6.07) is 9.58. The van der Waals surface area contributed by atoms with Gasteiger partial charge in [0.05, 0.1) is 0 Å². The van der Waals surface area contributed by atoms with Crippen LogP contribution in [0.3, 0.4) is 0 Å². The molecule has 0 unspecified atom stereocenters. The number of halogens is 1. The minimum Gasteiger partial charge on any atom is -0.334 e. The highest BCUT2D eigenvalue weighted by Gasteiger charge is 2.25. The lowest BCUT2D eigenvalue weighted by Crippen LogP contribution is -2.40. The van der Waals surface area contributed by atoms with Gasteiger partial charge < -0.3 is 9.51 Å². The second-order valence-electron chi connectivity index (χ2n) is 7.86. The summed E-state index contributed by atoms with van der Waals surface area (Å²) in [5.74, 6) is 1.55. The first kappa shape index (κ1) is 19.7. The number of aromatic nitrogens is 6. The standard InChI is InChI=1S/C21H21ClN6O3/c22-20-24-16-17(25-20)28(12-13-9-10-13)21(30)27(19(16)29)11-5-4-8-15-23-18(31-26-15)14-6-2-1-3-7-14/h1-3,6-7,13H,4-5,8-12H2,(H,24,25). The fourth-order valence-corrected chi connectivity index (χ4v) is 3.84. The fraction of sp³-hybridized carbons (Fsp3) is 0.381. The van der Waals surface area contributed by atoms with E-state index in [1.807, 2.05) is 30.3 Å². The van der Waals surface area contributed by atoms with Crippen LogP contribution in [0.1, 0.15) is 31.5 Å². The number of unbranched alkanes of at least 4 members (excludes halogenated alkanes) is 1. The Labute approximate surface area is 181 Å². The van der Waals surface area contributed by atoms with Crippen molar-refractivity contribution in [1.82, 2.24) is 29.2 Å². The van der Waals surface area contributed by atoms with Gasteiger partial charge in [-0.25, -0.2) is 4.79 Å². The van der Waals surface area contributed by atoms with Crippen LogP contribution in [0.5, 0.6) is 0 Å². The maximum absolute atomic E-state index is 13.0. The highest BCUT2D eigenvalue weighted by Crippen LogP contribution is 2.30. The molecular formula is C21H21ClN6O3. The number of H-pyrrole nitrogens is 1. The number of imidazole rings is 1. The normalized spacial score (nSPS) is 13.8. The van der Waals surface area contributed by atoms with Crippen molar-refractivity contribution in [2.24, 2.45) is 5.92 Å². The lowest BCUT2D eigenvalue weighted by Gasteiger charge is -2.10. The number of hydrogen-bond acceptors (Lipinski definition) is 6. The van der Waals surface area contributed by atoms with Crippen LogP contribution in [0.25, 0.3) is 22.6 Å². The van der Waals surface area contributed by atoms with Crippen molar-refractivity contribution in [1.29, 1.82) is 0 Å². The Bertz CT molecular complexity index is 1330. The van der Waals surface area contributed by atoms with E-state index in [4.69, 9.17) is 16.1 Å². The summed E-state index contributed by atoms with van der Waals surface area (Å²) in [7, 11) is 0. The lowest BCUT2D eigenvalue weighted by atomic mass is 10.2. The molecule has 3 aromatic heterocycles. The van der Waals surface area contributed by atoms with Gasteiger partial charge in [0.25, 0.3) is 11.4 Å². The molecule has 0 bridgehead atoms. The zero-order chi connectivity index (χ0) is 21.4. The number of fused-ring (bicyclic) bond motifs is 1. The van der Waals surface area contributed by atoms with Crippen molar-refractivity contribution >= 4 is 22.8 Å². The van der Waals surface area contributed by atoms with Crippen molar-refractivity contribution in [3.63, 3.8) is 0 Å². The SMILES string of the molecule is O=c1c2[nH]c(Cl)nc2n(CC2CC2)c(=O)n1CCCCc1noc(-c2ccccc2)n1. The third-order valence-electron chi connectivity index (χ3n) is 5.49. The smallest absolute Gasteiger partial charge is 0.332 e. The first-order valence-corrected chi connectivity index (χ1v) is 10.7. The zero-order valence-corrected chi connectivity index (χ0v) is 17.5. The topological polar surface area (TPSA) is 112 Å². The monoisotopic (exact) mass is 440 g/mol. The summed E-state index contributed by atoms with van der Waals surface area (Å²) < 4.78 is 8.16. The molecule has 5 rings (SSSR count). The van der Waals surface area contributed by atoms with Crippen molar-refractivity contribution in [3.05, 3.63) is 62.3 Å². The van der Waals surface area contributed by atoms with Gasteiger partial charge in [-0.05, 0) is 55.3 Å². The predicted octanol–water partition coefficient (Wildman–Crippen LogP) is 3.02. The third-order valence-corrected chi connectivity index (χ3v) is 5.67. The molecule has 0 spiro atoms. The van der Waals surface area contributed by atoms with Gasteiger partial charge >= 0.3 is 5.69 Å². The third kappa shape index (κ3) is 4.05. The maximum Gasteiger partial charge on any atom is 0.332 e. The van der Waals surface area contributed by atoms with Gasteiger partial charge in [-0.2, -0.15) is 9.97 Å². The van der Waals surface area contributed by atoms with Gasteiger partial charge in [0, 0.05) is 25.1 Å². The molecule has 3 heterocycles. The molecule has 160 valence electrons. The van der Waals surface area contributed by atoms with Crippen molar-refractivity contribution in [3.8, 4) is 11.5 Å². The van der Waals surface area contributed by atoms with Gasteiger partial charge in [0.2, 0.25) is 5.28 Å². The van der Waals surface area contributed by atoms with E-state index in [0.717, 1.165) is 18.4 Å². The van der Waals surface area contributed by atoms with Crippen LogP contribution in [0.15, 0.2) is 44.4 Å². The Morgan fingerprint density at radius 3 is 2.68 bits per heavy atom. The summed E-state index contributed by atoms with van der Waals surface area (Å²) in [5.41, 5.74) is 0.755. The van der Waals surface area contributed by atoms with Crippen molar-refractivity contribution < 1.29 is 4.52 Å². The van der Waals surface area contributed by atoms with Crippen LogP contribution < -0.4 is 11.2 Å². The summed E-state index contributed by atoms with van der Waals surface area (Å²) in [6.07, 6.45) is 4.10. The van der Waals surface area contributed by atoms with Crippen LogP contribution in [0.4, 0.5) is 0 Å². The molecule has 0 amide bonds. The molecule has 9 nitrogen and oxygen atoms in total. The summed E-state index contributed by atoms with van der Waals surface area (Å²) in [4.78, 5) is 37.2. The lowest BCUT2D eigenvalue weighted by molar-refractivity contribution is 0.420. The number of aryl methyl sites for hydroxylation is 1. The number of rotatable bonds is 8. The molecule has 4 aromatic rings. The molecule has 1 fully saturated rings. The first-order chi connectivity index (χ1) is 15.1. The Morgan fingerprint density at radius 1 is 1.10 bits per heavy atom. The molecule has 31 heavy (non-hydrogen) atoms. The van der Waals surface area contributed by atoms with E-state index in [9.17, 15) is 9.59 Å². The Morgan fingerprint density at radius 2 is 1.90 bits per heavy atom. The molecule has 1 N–H and O–H groups in total. The van der Waals surface area contributed by atoms with E-state index < -0.39 is 5.56 Å². The van der Waals surface area contributed by atoms with Crippen LogP contribution in [0, 0.1) is 5.92 Å². The largest absolute Gasteiger partial charge is 0.334 e. The van der Waals surface area contributed by atoms with E-state index in [-0.39, 0.29) is 16.5 Å². The van der Waals surface area contributed by atoms with Crippen LogP contribution >= 0.6 is 11.6 Å². The van der Waals surface area contributed by atoms with Gasteiger partial charge in [-0.3, -0.25) is 13.9 Å². The number of nitrogens with one attached hydrogen (secondary N) is 1. The van der Waals surface area contributed by atoms with Gasteiger partial charge in [-0.1, -0.05) is 23.4 Å². The van der Waals surface area contributed by atoms with Gasteiger partial charge in [0.15, 0.2) is 17.0 Å². The highest BCUT2D eigenvalue weighted by molar-refractivity contribution is 6.28. The molecule has 0 atom stereocenters. The molecule has 0 aliphatic heterocycles. The number of nitrogens with zero attached hydrogens (tertiary/aromatic N) is 5. The average molecular weight is 441 g/mol. The van der Waals surface area contributed by atoms with E-state index >= 15 is 0 Å². The van der Waals surface area contributed by atoms with E-state index in [1.54, 1.807) is 4.57 Å². The van der Waals surface area contributed by atoms with Crippen LogP contribution in [-0.2, 0) is 19.5 Å².